The third-order valence-corrected chi connectivity index (χ3v) is 6.55. The van der Waals surface area contributed by atoms with Gasteiger partial charge in [0.25, 0.3) is 5.91 Å². The first-order chi connectivity index (χ1) is 15.9. The number of allylic oxidation sites excluding steroid dienone is 1. The third-order valence-electron chi connectivity index (χ3n) is 5.44. The number of aliphatic imine (C=N–C) groups is 1. The summed E-state index contributed by atoms with van der Waals surface area (Å²) in [5.74, 6) is -0.0665. The Morgan fingerprint density at radius 1 is 1.21 bits per heavy atom. The molecule has 0 bridgehead atoms. The van der Waals surface area contributed by atoms with Gasteiger partial charge in [0.05, 0.1) is 23.7 Å². The lowest BCUT2D eigenvalue weighted by Crippen LogP contribution is -2.29. The van der Waals surface area contributed by atoms with E-state index < -0.39 is 16.8 Å². The number of hydrogen-bond donors (Lipinski definition) is 2. The Balaban J connectivity index is 1.36. The monoisotopic (exact) mass is 465 g/mol. The zero-order valence-electron chi connectivity index (χ0n) is 18.2. The SMILES string of the molecule is COc1ccc(F)cc1NS(=O)c1ccc(CNC(=O)C2=CC(C)C3N=CC=CC3=C2)cc1. The standard InChI is InChI=1S/C25H24FN3O3S/c1-16-12-19(13-18-4-3-11-27-24(16)18)25(30)28-15-17-5-8-21(9-6-17)33(31)29-22-14-20(26)7-10-23(22)32-2/h3-14,16,24,29H,15H2,1-2H3,(H,28,30). The van der Waals surface area contributed by atoms with Crippen LogP contribution in [0.25, 0.3) is 0 Å². The molecule has 1 amide bonds. The molecule has 0 saturated carbocycles. The van der Waals surface area contributed by atoms with E-state index >= 15 is 0 Å². The highest BCUT2D eigenvalue weighted by Crippen LogP contribution is 2.29. The van der Waals surface area contributed by atoms with Crippen LogP contribution in [-0.2, 0) is 22.3 Å². The Bertz CT molecular complexity index is 1200. The van der Waals surface area contributed by atoms with Gasteiger partial charge in [0.1, 0.15) is 22.6 Å². The van der Waals surface area contributed by atoms with Crippen LogP contribution in [0.3, 0.4) is 0 Å². The molecule has 8 heteroatoms. The summed E-state index contributed by atoms with van der Waals surface area (Å²) in [6.07, 6.45) is 9.48. The summed E-state index contributed by atoms with van der Waals surface area (Å²) < 4.78 is 34.1. The Hall–Kier alpha value is -3.52. The molecule has 3 unspecified atom stereocenters. The van der Waals surface area contributed by atoms with E-state index in [1.165, 1.54) is 25.3 Å². The highest BCUT2D eigenvalue weighted by atomic mass is 32.2. The first-order valence-electron chi connectivity index (χ1n) is 10.5. The highest BCUT2D eigenvalue weighted by molar-refractivity contribution is 7.86. The summed E-state index contributed by atoms with van der Waals surface area (Å²) in [7, 11) is -0.145. The van der Waals surface area contributed by atoms with Gasteiger partial charge in [-0.15, -0.1) is 0 Å². The van der Waals surface area contributed by atoms with Gasteiger partial charge in [0.2, 0.25) is 0 Å². The number of benzene rings is 2. The predicted octanol–water partition coefficient (Wildman–Crippen LogP) is 4.10. The molecule has 1 heterocycles. The van der Waals surface area contributed by atoms with Gasteiger partial charge in [-0.2, -0.15) is 0 Å². The third kappa shape index (κ3) is 5.28. The van der Waals surface area contributed by atoms with Crippen LogP contribution < -0.4 is 14.8 Å². The second-order valence-electron chi connectivity index (χ2n) is 7.77. The van der Waals surface area contributed by atoms with Gasteiger partial charge in [0.15, 0.2) is 0 Å². The lowest BCUT2D eigenvalue weighted by molar-refractivity contribution is -0.117. The normalized spacial score (nSPS) is 19.7. The molecule has 33 heavy (non-hydrogen) atoms. The molecule has 0 saturated heterocycles. The van der Waals surface area contributed by atoms with Gasteiger partial charge >= 0.3 is 0 Å². The van der Waals surface area contributed by atoms with Crippen molar-refractivity contribution in [1.29, 1.82) is 0 Å². The maximum absolute atomic E-state index is 13.5. The molecule has 0 spiro atoms. The van der Waals surface area contributed by atoms with Crippen molar-refractivity contribution in [2.75, 3.05) is 11.8 Å². The molecule has 0 radical (unpaired) electrons. The molecule has 3 atom stereocenters. The highest BCUT2D eigenvalue weighted by Gasteiger charge is 2.25. The number of halogens is 1. The molecule has 1 aliphatic heterocycles. The lowest BCUT2D eigenvalue weighted by Gasteiger charge is -2.25. The molecular formula is C25H24FN3O3S. The van der Waals surface area contributed by atoms with Crippen molar-refractivity contribution < 1.29 is 18.1 Å². The minimum Gasteiger partial charge on any atom is -0.495 e. The van der Waals surface area contributed by atoms with Crippen LogP contribution in [0.2, 0.25) is 0 Å². The summed E-state index contributed by atoms with van der Waals surface area (Å²) in [6, 6.07) is 11.0. The van der Waals surface area contributed by atoms with E-state index in [1.54, 1.807) is 30.5 Å². The average Bonchev–Trinajstić information content (AvgIpc) is 2.83. The van der Waals surface area contributed by atoms with Gasteiger partial charge in [-0.25, -0.2) is 8.60 Å². The summed E-state index contributed by atoms with van der Waals surface area (Å²) in [6.45, 7) is 2.39. The number of carbonyl (C=O) groups excluding carboxylic acids is 1. The van der Waals surface area contributed by atoms with E-state index in [-0.39, 0.29) is 17.9 Å². The zero-order valence-corrected chi connectivity index (χ0v) is 19.1. The largest absolute Gasteiger partial charge is 0.495 e. The molecular weight excluding hydrogens is 441 g/mol. The van der Waals surface area contributed by atoms with Crippen molar-refractivity contribution >= 4 is 28.8 Å². The number of hydrogen-bond acceptors (Lipinski definition) is 4. The van der Waals surface area contributed by atoms with Gasteiger partial charge in [0, 0.05) is 30.3 Å². The Kier molecular flexibility index (Phi) is 6.84. The number of carbonyl (C=O) groups is 1. The Labute approximate surface area is 194 Å². The van der Waals surface area contributed by atoms with Crippen LogP contribution in [0, 0.1) is 11.7 Å². The fraction of sp³-hybridized carbons (Fsp3) is 0.200. The number of rotatable bonds is 7. The summed E-state index contributed by atoms with van der Waals surface area (Å²) in [4.78, 5) is 17.7. The van der Waals surface area contributed by atoms with Gasteiger partial charge in [-0.1, -0.05) is 31.2 Å². The molecule has 6 nitrogen and oxygen atoms in total. The molecule has 4 rings (SSSR count). The van der Waals surface area contributed by atoms with Gasteiger partial charge in [-0.3, -0.25) is 14.5 Å². The van der Waals surface area contributed by atoms with E-state index in [4.69, 9.17) is 4.74 Å². The molecule has 0 aromatic heterocycles. The lowest BCUT2D eigenvalue weighted by atomic mass is 9.85. The van der Waals surface area contributed by atoms with E-state index in [1.807, 2.05) is 31.2 Å². The van der Waals surface area contributed by atoms with E-state index in [0.29, 0.717) is 28.5 Å². The van der Waals surface area contributed by atoms with E-state index in [2.05, 4.69) is 15.0 Å². The minimum atomic E-state index is -1.61. The molecule has 2 aliphatic rings. The fourth-order valence-electron chi connectivity index (χ4n) is 3.73. The van der Waals surface area contributed by atoms with Crippen LogP contribution in [0.15, 0.2) is 87.8 Å². The molecule has 0 fully saturated rings. The number of nitrogens with zero attached hydrogens (tertiary/aromatic N) is 1. The number of anilines is 1. The summed E-state index contributed by atoms with van der Waals surface area (Å²) >= 11 is 0. The molecule has 2 aromatic rings. The Morgan fingerprint density at radius 2 is 2.00 bits per heavy atom. The van der Waals surface area contributed by atoms with Crippen molar-refractivity contribution in [1.82, 2.24) is 5.32 Å². The smallest absolute Gasteiger partial charge is 0.251 e. The number of dihydropyridines is 1. The fourth-order valence-corrected chi connectivity index (χ4v) is 4.59. The molecule has 170 valence electrons. The second kappa shape index (κ2) is 9.95. The molecule has 2 N–H and O–H groups in total. The van der Waals surface area contributed by atoms with Crippen molar-refractivity contribution in [2.24, 2.45) is 10.9 Å². The maximum atomic E-state index is 13.5. The zero-order chi connectivity index (χ0) is 23.4. The van der Waals surface area contributed by atoms with Gasteiger partial charge in [-0.05, 0) is 47.6 Å². The van der Waals surface area contributed by atoms with Crippen LogP contribution in [0.1, 0.15) is 12.5 Å². The van der Waals surface area contributed by atoms with E-state index in [9.17, 15) is 13.4 Å². The number of amides is 1. The summed E-state index contributed by atoms with van der Waals surface area (Å²) in [5, 5.41) is 2.93. The van der Waals surface area contributed by atoms with Crippen LogP contribution in [-0.4, -0.2) is 29.5 Å². The van der Waals surface area contributed by atoms with Crippen molar-refractivity contribution in [3.8, 4) is 5.75 Å². The summed E-state index contributed by atoms with van der Waals surface area (Å²) in [5.41, 5.74) is 2.83. The molecule has 1 aliphatic carbocycles. The Morgan fingerprint density at radius 3 is 2.76 bits per heavy atom. The predicted molar refractivity (Wildman–Crippen MR) is 128 cm³/mol. The number of nitrogens with one attached hydrogen (secondary N) is 2. The first kappa shape index (κ1) is 22.7. The van der Waals surface area contributed by atoms with Crippen LogP contribution in [0.4, 0.5) is 10.1 Å². The van der Waals surface area contributed by atoms with Crippen molar-refractivity contribution in [3.63, 3.8) is 0 Å². The quantitative estimate of drug-likeness (QED) is 0.646. The van der Waals surface area contributed by atoms with Gasteiger partial charge < -0.3 is 10.1 Å². The van der Waals surface area contributed by atoms with Crippen LogP contribution >= 0.6 is 0 Å². The molecule has 2 aromatic carbocycles. The number of ether oxygens (including phenoxy) is 1. The topological polar surface area (TPSA) is 79.8 Å². The minimum absolute atomic E-state index is 0.0703. The average molecular weight is 466 g/mol. The number of fused-ring (bicyclic) bond motifs is 1. The van der Waals surface area contributed by atoms with Crippen molar-refractivity contribution in [2.45, 2.75) is 24.4 Å². The van der Waals surface area contributed by atoms with Crippen LogP contribution in [0.5, 0.6) is 5.75 Å². The second-order valence-corrected chi connectivity index (χ2v) is 8.98. The maximum Gasteiger partial charge on any atom is 0.251 e. The van der Waals surface area contributed by atoms with Crippen molar-refractivity contribution in [3.05, 3.63) is 89.3 Å². The number of methoxy groups -OCH3 is 1. The van der Waals surface area contributed by atoms with E-state index in [0.717, 1.165) is 11.1 Å². The first-order valence-corrected chi connectivity index (χ1v) is 11.6.